The van der Waals surface area contributed by atoms with Gasteiger partial charge in [-0.15, -0.1) is 23.7 Å². The van der Waals surface area contributed by atoms with Gasteiger partial charge >= 0.3 is 0 Å². The Hall–Kier alpha value is -0.710. The molecule has 3 unspecified atom stereocenters. The van der Waals surface area contributed by atoms with Crippen LogP contribution < -0.4 is 5.32 Å². The molecule has 0 amide bonds. The van der Waals surface area contributed by atoms with Gasteiger partial charge < -0.3 is 5.32 Å². The molecule has 0 radical (unpaired) electrons. The predicted molar refractivity (Wildman–Crippen MR) is 92.5 cm³/mol. The van der Waals surface area contributed by atoms with Crippen molar-refractivity contribution in [3.8, 4) is 0 Å². The Morgan fingerprint density at radius 1 is 1.29 bits per heavy atom. The van der Waals surface area contributed by atoms with Gasteiger partial charge in [-0.1, -0.05) is 20.8 Å². The van der Waals surface area contributed by atoms with Crippen molar-refractivity contribution < 1.29 is 0 Å². The second-order valence-electron chi connectivity index (χ2n) is 7.05. The van der Waals surface area contributed by atoms with E-state index in [1.165, 1.54) is 4.70 Å². The van der Waals surface area contributed by atoms with Crippen LogP contribution in [0.25, 0.3) is 10.2 Å². The van der Waals surface area contributed by atoms with Gasteiger partial charge in [0.1, 0.15) is 5.82 Å². The Morgan fingerprint density at radius 3 is 2.76 bits per heavy atom. The number of nitrogens with zero attached hydrogens (tertiary/aromatic N) is 2. The first-order valence-corrected chi connectivity index (χ1v) is 8.27. The van der Waals surface area contributed by atoms with Gasteiger partial charge in [0.25, 0.3) is 0 Å². The summed E-state index contributed by atoms with van der Waals surface area (Å²) in [6.07, 6.45) is 4.24. The summed E-state index contributed by atoms with van der Waals surface area (Å²) in [5.74, 6) is 1.50. The Labute approximate surface area is 137 Å². The normalized spacial score (nSPS) is 26.6. The first-order valence-electron chi connectivity index (χ1n) is 7.39. The average molecular weight is 326 g/mol. The molecule has 0 aliphatic carbocycles. The Bertz CT molecular complexity index is 605. The van der Waals surface area contributed by atoms with E-state index < -0.39 is 0 Å². The molecule has 21 heavy (non-hydrogen) atoms. The minimum atomic E-state index is 0. The maximum atomic E-state index is 4.78. The van der Waals surface area contributed by atoms with Crippen LogP contribution >= 0.6 is 23.7 Å². The summed E-state index contributed by atoms with van der Waals surface area (Å²) in [7, 11) is 0. The summed E-state index contributed by atoms with van der Waals surface area (Å²) in [4.78, 5) is 9.41. The standard InChI is InChI=1S/C16H23N3S.ClH/c1-10-7-11(8-14(18-10)16(2,3)4)15-17-9-13-12(19-15)5-6-20-13;/h5-6,9-11,14,18H,7-8H2,1-4H3;1H. The maximum absolute atomic E-state index is 4.78. The molecule has 1 aliphatic heterocycles. The summed E-state index contributed by atoms with van der Waals surface area (Å²) in [5.41, 5.74) is 1.37. The van der Waals surface area contributed by atoms with E-state index in [1.807, 2.05) is 6.20 Å². The van der Waals surface area contributed by atoms with Gasteiger partial charge in [-0.3, -0.25) is 0 Å². The number of fused-ring (bicyclic) bond motifs is 1. The highest BCUT2D eigenvalue weighted by Gasteiger charge is 2.34. The zero-order valence-electron chi connectivity index (χ0n) is 13.1. The van der Waals surface area contributed by atoms with E-state index in [0.29, 0.717) is 18.0 Å². The summed E-state index contributed by atoms with van der Waals surface area (Å²) in [5, 5.41) is 5.82. The smallest absolute Gasteiger partial charge is 0.132 e. The number of halogens is 1. The summed E-state index contributed by atoms with van der Waals surface area (Å²) in [6.45, 7) is 9.20. The summed E-state index contributed by atoms with van der Waals surface area (Å²) >= 11 is 1.71. The van der Waals surface area contributed by atoms with Gasteiger partial charge in [0.2, 0.25) is 0 Å². The highest BCUT2D eigenvalue weighted by molar-refractivity contribution is 7.17. The number of hydrogen-bond acceptors (Lipinski definition) is 4. The first-order chi connectivity index (χ1) is 9.43. The molecule has 3 atom stereocenters. The Morgan fingerprint density at radius 2 is 2.05 bits per heavy atom. The lowest BCUT2D eigenvalue weighted by Gasteiger charge is -2.41. The highest BCUT2D eigenvalue weighted by atomic mass is 35.5. The average Bonchev–Trinajstić information content (AvgIpc) is 2.84. The largest absolute Gasteiger partial charge is 0.311 e. The molecule has 0 bridgehead atoms. The Balaban J connectivity index is 0.00000161. The minimum absolute atomic E-state index is 0. The van der Waals surface area contributed by atoms with Crippen molar-refractivity contribution in [1.82, 2.24) is 15.3 Å². The van der Waals surface area contributed by atoms with Crippen molar-refractivity contribution in [2.45, 2.75) is 58.5 Å². The van der Waals surface area contributed by atoms with Crippen molar-refractivity contribution in [3.63, 3.8) is 0 Å². The fraction of sp³-hybridized carbons (Fsp3) is 0.625. The third kappa shape index (κ3) is 3.55. The van der Waals surface area contributed by atoms with Crippen LogP contribution in [0.4, 0.5) is 0 Å². The number of hydrogen-bond donors (Lipinski definition) is 1. The molecule has 2 aromatic rings. The molecule has 3 rings (SSSR count). The molecule has 116 valence electrons. The molecular formula is C16H24ClN3S. The van der Waals surface area contributed by atoms with Gasteiger partial charge in [-0.2, -0.15) is 0 Å². The molecular weight excluding hydrogens is 302 g/mol. The molecule has 1 saturated heterocycles. The summed E-state index contributed by atoms with van der Waals surface area (Å²) < 4.78 is 1.18. The Kier molecular flexibility index (Phi) is 4.91. The van der Waals surface area contributed by atoms with Crippen LogP contribution in [-0.2, 0) is 0 Å². The van der Waals surface area contributed by atoms with Gasteiger partial charge in [-0.25, -0.2) is 9.97 Å². The quantitative estimate of drug-likeness (QED) is 0.845. The van der Waals surface area contributed by atoms with Gasteiger partial charge in [0.05, 0.1) is 10.2 Å². The third-order valence-corrected chi connectivity index (χ3v) is 5.12. The topological polar surface area (TPSA) is 37.8 Å². The molecule has 0 saturated carbocycles. The predicted octanol–water partition coefficient (Wildman–Crippen LogP) is 4.38. The van der Waals surface area contributed by atoms with Gasteiger partial charge in [-0.05, 0) is 36.6 Å². The number of thiophene rings is 1. The van der Waals surface area contributed by atoms with Crippen LogP contribution in [0.2, 0.25) is 0 Å². The fourth-order valence-corrected chi connectivity index (χ4v) is 3.77. The van der Waals surface area contributed by atoms with E-state index in [1.54, 1.807) is 11.3 Å². The van der Waals surface area contributed by atoms with Crippen LogP contribution in [0.3, 0.4) is 0 Å². The van der Waals surface area contributed by atoms with E-state index in [9.17, 15) is 0 Å². The van der Waals surface area contributed by atoms with Crippen LogP contribution in [0, 0.1) is 5.41 Å². The van der Waals surface area contributed by atoms with Crippen LogP contribution in [0.1, 0.15) is 52.3 Å². The first kappa shape index (κ1) is 16.7. The van der Waals surface area contributed by atoms with E-state index in [0.717, 1.165) is 24.2 Å². The molecule has 5 heteroatoms. The molecule has 3 nitrogen and oxygen atoms in total. The van der Waals surface area contributed by atoms with Gasteiger partial charge in [0.15, 0.2) is 0 Å². The van der Waals surface area contributed by atoms with Gasteiger partial charge in [0, 0.05) is 24.2 Å². The second-order valence-corrected chi connectivity index (χ2v) is 8.00. The lowest BCUT2D eigenvalue weighted by molar-refractivity contribution is 0.180. The molecule has 1 aliphatic rings. The third-order valence-electron chi connectivity index (χ3n) is 4.28. The molecule has 3 heterocycles. The van der Waals surface area contributed by atoms with Crippen LogP contribution in [-0.4, -0.2) is 22.1 Å². The molecule has 0 aromatic carbocycles. The van der Waals surface area contributed by atoms with E-state index in [4.69, 9.17) is 4.98 Å². The molecule has 0 spiro atoms. The zero-order chi connectivity index (χ0) is 14.3. The molecule has 1 N–H and O–H groups in total. The zero-order valence-corrected chi connectivity index (χ0v) is 14.7. The number of piperidine rings is 1. The molecule has 2 aromatic heterocycles. The van der Waals surface area contributed by atoms with E-state index in [-0.39, 0.29) is 17.8 Å². The van der Waals surface area contributed by atoms with Crippen molar-refractivity contribution >= 4 is 34.0 Å². The van der Waals surface area contributed by atoms with Crippen molar-refractivity contribution in [2.24, 2.45) is 5.41 Å². The van der Waals surface area contributed by atoms with Crippen molar-refractivity contribution in [1.29, 1.82) is 0 Å². The van der Waals surface area contributed by atoms with Crippen LogP contribution in [0.15, 0.2) is 17.6 Å². The number of rotatable bonds is 1. The monoisotopic (exact) mass is 325 g/mol. The number of nitrogens with one attached hydrogen (secondary N) is 1. The number of aromatic nitrogens is 2. The van der Waals surface area contributed by atoms with Crippen molar-refractivity contribution in [3.05, 3.63) is 23.5 Å². The fourth-order valence-electron chi connectivity index (χ4n) is 3.08. The van der Waals surface area contributed by atoms with Crippen molar-refractivity contribution in [2.75, 3.05) is 0 Å². The molecule has 1 fully saturated rings. The minimum Gasteiger partial charge on any atom is -0.311 e. The van der Waals surface area contributed by atoms with E-state index in [2.05, 4.69) is 49.4 Å². The van der Waals surface area contributed by atoms with E-state index >= 15 is 0 Å². The maximum Gasteiger partial charge on any atom is 0.132 e. The van der Waals surface area contributed by atoms with Crippen LogP contribution in [0.5, 0.6) is 0 Å². The highest BCUT2D eigenvalue weighted by Crippen LogP contribution is 2.35. The SMILES string of the molecule is CC1CC(c2ncc3sccc3n2)CC(C(C)(C)C)N1.Cl. The second kappa shape index (κ2) is 6.19. The lowest BCUT2D eigenvalue weighted by atomic mass is 9.76. The summed E-state index contributed by atoms with van der Waals surface area (Å²) in [6, 6.07) is 3.15. The lowest BCUT2D eigenvalue weighted by Crippen LogP contribution is -2.50.